The molecule has 1 saturated heterocycles. The molecule has 1 fully saturated rings. The van der Waals surface area contributed by atoms with Crippen molar-refractivity contribution in [2.24, 2.45) is 0 Å². The molecule has 0 aliphatic carbocycles. The van der Waals surface area contributed by atoms with Gasteiger partial charge in [0.25, 0.3) is 5.56 Å². The number of benzene rings is 1. The summed E-state index contributed by atoms with van der Waals surface area (Å²) in [5, 5.41) is 21.8. The number of aromatic nitrogens is 4. The van der Waals surface area contributed by atoms with E-state index in [0.29, 0.717) is 9.92 Å². The van der Waals surface area contributed by atoms with Gasteiger partial charge in [-0.25, -0.2) is 9.55 Å². The fourth-order valence-corrected chi connectivity index (χ4v) is 4.97. The van der Waals surface area contributed by atoms with Crippen LogP contribution in [0.15, 0.2) is 33.0 Å². The quantitative estimate of drug-likeness (QED) is 0.241. The van der Waals surface area contributed by atoms with E-state index in [4.69, 9.17) is 43.5 Å². The summed E-state index contributed by atoms with van der Waals surface area (Å²) in [6, 6.07) is 4.70. The van der Waals surface area contributed by atoms with Crippen LogP contribution < -0.4 is 11.3 Å². The van der Waals surface area contributed by atoms with Crippen LogP contribution in [0.5, 0.6) is 0 Å². The minimum absolute atomic E-state index is 0.0587. The van der Waals surface area contributed by atoms with Crippen molar-refractivity contribution in [1.29, 1.82) is 0 Å². The summed E-state index contributed by atoms with van der Waals surface area (Å²) in [7, 11) is -4.86. The monoisotopic (exact) mass is 539 g/mol. The van der Waals surface area contributed by atoms with E-state index >= 15 is 0 Å². The zero-order chi connectivity index (χ0) is 24.1. The molecule has 4 atom stereocenters. The smallest absolute Gasteiger partial charge is 0.387 e. The molecule has 1 aliphatic rings. The number of nitrogen functional groups attached to an aromatic ring is 1. The normalized spacial score (nSPS) is 23.5. The maximum absolute atomic E-state index is 12.4. The summed E-state index contributed by atoms with van der Waals surface area (Å²) in [6.07, 6.45) is -5.87. The van der Waals surface area contributed by atoms with Crippen LogP contribution in [0.3, 0.4) is 0 Å². The van der Waals surface area contributed by atoms with Crippen LogP contribution >= 0.6 is 42.8 Å². The SMILES string of the molecule is Nc1nc2c(nc(Sc3ccc(Cl)cc3Cl)n2[C@@H]2O[C@H](COP(=O)(O)O)[C@@H](O)[C@H]2O)c(=O)[nH]1. The number of phosphoric ester groups is 1. The molecule has 0 bridgehead atoms. The number of imidazole rings is 1. The first-order valence-corrected chi connectivity index (χ1v) is 12.2. The first-order valence-electron chi connectivity index (χ1n) is 9.07. The van der Waals surface area contributed by atoms with Gasteiger partial charge in [-0.1, -0.05) is 23.2 Å². The number of hydrogen-bond donors (Lipinski definition) is 6. The summed E-state index contributed by atoms with van der Waals surface area (Å²) in [5.41, 5.74) is 4.83. The van der Waals surface area contributed by atoms with E-state index in [0.717, 1.165) is 11.8 Å². The molecule has 1 aromatic carbocycles. The molecule has 17 heteroatoms. The Hall–Kier alpha value is -1.71. The predicted molar refractivity (Wildman–Crippen MR) is 117 cm³/mol. The molecule has 13 nitrogen and oxygen atoms in total. The van der Waals surface area contributed by atoms with Crippen LogP contribution in [0.1, 0.15) is 6.23 Å². The van der Waals surface area contributed by atoms with Crippen molar-refractivity contribution in [2.75, 3.05) is 12.3 Å². The Balaban J connectivity index is 1.79. The van der Waals surface area contributed by atoms with Crippen molar-refractivity contribution in [1.82, 2.24) is 19.5 Å². The second-order valence-electron chi connectivity index (χ2n) is 6.90. The summed E-state index contributed by atoms with van der Waals surface area (Å²) >= 11 is 13.2. The molecule has 178 valence electrons. The fraction of sp³-hybridized carbons (Fsp3) is 0.312. The molecule has 0 radical (unpaired) electrons. The first-order chi connectivity index (χ1) is 15.4. The molecular formula is C16H16Cl2N5O8PS. The zero-order valence-corrected chi connectivity index (χ0v) is 19.4. The van der Waals surface area contributed by atoms with Crippen LogP contribution in [-0.2, 0) is 13.8 Å². The van der Waals surface area contributed by atoms with Crippen molar-refractivity contribution in [3.05, 3.63) is 38.6 Å². The minimum atomic E-state index is -4.86. The lowest BCUT2D eigenvalue weighted by molar-refractivity contribution is -0.0541. The number of nitrogens with one attached hydrogen (secondary N) is 1. The van der Waals surface area contributed by atoms with E-state index in [-0.39, 0.29) is 27.3 Å². The van der Waals surface area contributed by atoms with E-state index in [2.05, 4.69) is 19.5 Å². The maximum Gasteiger partial charge on any atom is 0.469 e. The van der Waals surface area contributed by atoms with Gasteiger partial charge in [0.15, 0.2) is 22.5 Å². The van der Waals surface area contributed by atoms with E-state index in [9.17, 15) is 19.6 Å². The second-order valence-corrected chi connectivity index (χ2v) is 9.99. The Morgan fingerprint density at radius 2 is 2.00 bits per heavy atom. The Morgan fingerprint density at radius 1 is 1.27 bits per heavy atom. The minimum Gasteiger partial charge on any atom is -0.387 e. The van der Waals surface area contributed by atoms with Gasteiger partial charge < -0.3 is 30.5 Å². The highest BCUT2D eigenvalue weighted by Crippen LogP contribution is 2.41. The molecule has 3 aromatic rings. The maximum atomic E-state index is 12.4. The number of anilines is 1. The van der Waals surface area contributed by atoms with Gasteiger partial charge in [-0.15, -0.1) is 0 Å². The average Bonchev–Trinajstić information content (AvgIpc) is 3.19. The number of phosphoric acid groups is 1. The highest BCUT2D eigenvalue weighted by atomic mass is 35.5. The second kappa shape index (κ2) is 9.15. The largest absolute Gasteiger partial charge is 0.469 e. The number of ether oxygens (including phenoxy) is 1. The number of halogens is 2. The van der Waals surface area contributed by atoms with Gasteiger partial charge in [-0.05, 0) is 30.0 Å². The third-order valence-electron chi connectivity index (χ3n) is 4.63. The van der Waals surface area contributed by atoms with Crippen molar-refractivity contribution < 1.29 is 33.8 Å². The number of nitrogens with zero attached hydrogens (tertiary/aromatic N) is 3. The number of hydrogen-bond acceptors (Lipinski definition) is 10. The molecule has 2 aromatic heterocycles. The number of rotatable bonds is 6. The van der Waals surface area contributed by atoms with E-state index in [1.54, 1.807) is 12.1 Å². The summed E-state index contributed by atoms with van der Waals surface area (Å²) in [6.45, 7) is -0.715. The van der Waals surface area contributed by atoms with E-state index in [1.807, 2.05) is 0 Å². The lowest BCUT2D eigenvalue weighted by Crippen LogP contribution is -2.33. The standard InChI is InChI=1S/C16H16Cl2N5O8PS/c17-5-1-2-8(6(18)3-5)33-16-20-9-12(21-15(19)22-13(9)26)23(16)14-11(25)10(24)7(31-14)4-30-32(27,28)29/h1-3,7,10-11,14,24-25H,4H2,(H2,27,28,29)(H3,19,21,22,26)/t7-,10-,11-,14-/m1/s1. The van der Waals surface area contributed by atoms with Crippen molar-refractivity contribution in [3.63, 3.8) is 0 Å². The van der Waals surface area contributed by atoms with Crippen LogP contribution in [0.25, 0.3) is 11.2 Å². The lowest BCUT2D eigenvalue weighted by Gasteiger charge is -2.19. The Morgan fingerprint density at radius 3 is 2.67 bits per heavy atom. The third-order valence-corrected chi connectivity index (χ3v) is 6.82. The van der Waals surface area contributed by atoms with Crippen molar-refractivity contribution >= 4 is 59.9 Å². The highest BCUT2D eigenvalue weighted by Gasteiger charge is 2.46. The molecule has 4 rings (SSSR count). The van der Waals surface area contributed by atoms with Crippen molar-refractivity contribution in [3.8, 4) is 0 Å². The average molecular weight is 540 g/mol. The zero-order valence-electron chi connectivity index (χ0n) is 16.2. The van der Waals surface area contributed by atoms with Gasteiger partial charge >= 0.3 is 7.82 Å². The van der Waals surface area contributed by atoms with Gasteiger partial charge in [0.2, 0.25) is 5.95 Å². The molecule has 1 aliphatic heterocycles. The van der Waals surface area contributed by atoms with E-state index < -0.39 is 44.5 Å². The summed E-state index contributed by atoms with van der Waals surface area (Å²) in [4.78, 5) is 41.4. The molecule has 0 spiro atoms. The Bertz CT molecular complexity index is 1320. The molecular weight excluding hydrogens is 524 g/mol. The van der Waals surface area contributed by atoms with Gasteiger partial charge in [0.1, 0.15) is 18.3 Å². The van der Waals surface area contributed by atoms with Gasteiger partial charge in [0.05, 0.1) is 11.6 Å². The molecule has 0 unspecified atom stereocenters. The number of aromatic amines is 1. The topological polar surface area (TPSA) is 206 Å². The number of nitrogens with two attached hydrogens (primary N) is 1. The van der Waals surface area contributed by atoms with Crippen LogP contribution in [0, 0.1) is 0 Å². The summed E-state index contributed by atoms with van der Waals surface area (Å²) in [5.74, 6) is -0.232. The molecule has 7 N–H and O–H groups in total. The molecule has 3 heterocycles. The Kier molecular flexibility index (Phi) is 6.77. The van der Waals surface area contributed by atoms with Crippen LogP contribution in [0.4, 0.5) is 5.95 Å². The third kappa shape index (κ3) is 5.05. The fourth-order valence-electron chi connectivity index (χ4n) is 3.19. The number of H-pyrrole nitrogens is 1. The highest BCUT2D eigenvalue weighted by molar-refractivity contribution is 7.99. The molecule has 0 amide bonds. The predicted octanol–water partition coefficient (Wildman–Crippen LogP) is 0.888. The van der Waals surface area contributed by atoms with E-state index in [1.165, 1.54) is 10.6 Å². The van der Waals surface area contributed by atoms with Gasteiger partial charge in [-0.3, -0.25) is 18.9 Å². The van der Waals surface area contributed by atoms with Gasteiger partial charge in [-0.2, -0.15) is 4.98 Å². The van der Waals surface area contributed by atoms with Crippen LogP contribution in [-0.4, -0.2) is 64.4 Å². The Labute approximate surface area is 198 Å². The molecule has 0 saturated carbocycles. The van der Waals surface area contributed by atoms with Crippen LogP contribution in [0.2, 0.25) is 10.0 Å². The number of aliphatic hydroxyl groups is 2. The summed E-state index contributed by atoms with van der Waals surface area (Å²) < 4.78 is 22.3. The number of fused-ring (bicyclic) bond motifs is 1. The molecule has 33 heavy (non-hydrogen) atoms. The lowest BCUT2D eigenvalue weighted by atomic mass is 10.1. The van der Waals surface area contributed by atoms with Gasteiger partial charge in [0, 0.05) is 9.92 Å². The van der Waals surface area contributed by atoms with Crippen molar-refractivity contribution in [2.45, 2.75) is 34.6 Å². The first kappa shape index (κ1) is 24.4. The number of aliphatic hydroxyl groups excluding tert-OH is 2.